The third kappa shape index (κ3) is 2.88. The van der Waals surface area contributed by atoms with Crippen LogP contribution in [-0.2, 0) is 7.05 Å². The molecule has 0 bridgehead atoms. The van der Waals surface area contributed by atoms with E-state index in [1.54, 1.807) is 18.8 Å². The molecule has 0 radical (unpaired) electrons. The van der Waals surface area contributed by atoms with Crippen LogP contribution in [-0.4, -0.2) is 25.8 Å². The molecular formula is C11H16BrN3O2S. The second-order valence-corrected chi connectivity index (χ2v) is 6.33. The van der Waals surface area contributed by atoms with Gasteiger partial charge in [-0.3, -0.25) is 19.4 Å². The molecule has 0 aromatic carbocycles. The third-order valence-corrected chi connectivity index (χ3v) is 5.97. The SMILES string of the molecule is Cn1[nH]c(=O)c(=O)nc1SCC1(CBr)CCCC1. The van der Waals surface area contributed by atoms with Gasteiger partial charge in [0.05, 0.1) is 0 Å². The van der Waals surface area contributed by atoms with Crippen molar-refractivity contribution in [3.63, 3.8) is 0 Å². The van der Waals surface area contributed by atoms with Crippen molar-refractivity contribution in [1.29, 1.82) is 0 Å². The number of nitrogens with one attached hydrogen (secondary N) is 1. The number of aryl methyl sites for hydroxylation is 1. The number of thioether (sulfide) groups is 1. The largest absolute Gasteiger partial charge is 0.339 e. The summed E-state index contributed by atoms with van der Waals surface area (Å²) in [5.41, 5.74) is -1.08. The molecule has 0 aliphatic heterocycles. The van der Waals surface area contributed by atoms with E-state index in [-0.39, 0.29) is 0 Å². The fraction of sp³-hybridized carbons (Fsp3) is 0.727. The van der Waals surface area contributed by atoms with Crippen LogP contribution < -0.4 is 11.1 Å². The fourth-order valence-corrected chi connectivity index (χ4v) is 4.48. The third-order valence-electron chi connectivity index (χ3n) is 3.40. The zero-order valence-corrected chi connectivity index (χ0v) is 12.6. The first-order valence-corrected chi connectivity index (χ1v) is 8.03. The predicted molar refractivity (Wildman–Crippen MR) is 75.5 cm³/mol. The van der Waals surface area contributed by atoms with E-state index >= 15 is 0 Å². The summed E-state index contributed by atoms with van der Waals surface area (Å²) >= 11 is 5.13. The average molecular weight is 334 g/mol. The maximum Gasteiger partial charge on any atom is 0.339 e. The van der Waals surface area contributed by atoms with Crippen molar-refractivity contribution in [2.45, 2.75) is 30.8 Å². The highest BCUT2D eigenvalue weighted by molar-refractivity contribution is 9.09. The molecule has 18 heavy (non-hydrogen) atoms. The Bertz CT molecular complexity index is 534. The highest BCUT2D eigenvalue weighted by Gasteiger charge is 2.33. The molecule has 0 saturated heterocycles. The molecule has 1 heterocycles. The van der Waals surface area contributed by atoms with E-state index < -0.39 is 11.1 Å². The molecule has 1 aliphatic carbocycles. The van der Waals surface area contributed by atoms with Crippen molar-refractivity contribution in [3.05, 3.63) is 20.7 Å². The van der Waals surface area contributed by atoms with E-state index in [4.69, 9.17) is 0 Å². The Hall–Kier alpha value is -0.560. The number of halogens is 1. The fourth-order valence-electron chi connectivity index (χ4n) is 2.25. The first-order valence-electron chi connectivity index (χ1n) is 5.92. The first-order chi connectivity index (χ1) is 8.56. The van der Waals surface area contributed by atoms with Crippen molar-refractivity contribution in [2.24, 2.45) is 12.5 Å². The molecular weight excluding hydrogens is 318 g/mol. The first kappa shape index (κ1) is 13.9. The second-order valence-electron chi connectivity index (χ2n) is 4.83. The molecule has 5 nitrogen and oxygen atoms in total. The van der Waals surface area contributed by atoms with Gasteiger partial charge < -0.3 is 0 Å². The molecule has 0 unspecified atom stereocenters. The summed E-state index contributed by atoms with van der Waals surface area (Å²) in [7, 11) is 1.70. The average Bonchev–Trinajstić information content (AvgIpc) is 2.82. The zero-order chi connectivity index (χ0) is 13.2. The van der Waals surface area contributed by atoms with E-state index in [0.29, 0.717) is 10.6 Å². The molecule has 1 fully saturated rings. The predicted octanol–water partition coefficient (Wildman–Crippen LogP) is 1.52. The van der Waals surface area contributed by atoms with E-state index in [1.807, 2.05) is 0 Å². The summed E-state index contributed by atoms with van der Waals surface area (Å²) in [5.74, 6) is 0.921. The Labute approximate surface area is 117 Å². The lowest BCUT2D eigenvalue weighted by Gasteiger charge is -2.25. The quantitative estimate of drug-likeness (QED) is 0.515. The monoisotopic (exact) mass is 333 g/mol. The van der Waals surface area contributed by atoms with Gasteiger partial charge in [-0.05, 0) is 18.3 Å². The van der Waals surface area contributed by atoms with Crippen molar-refractivity contribution in [3.8, 4) is 0 Å². The smallest absolute Gasteiger partial charge is 0.265 e. The lowest BCUT2D eigenvalue weighted by atomic mass is 9.92. The molecule has 1 saturated carbocycles. The highest BCUT2D eigenvalue weighted by Crippen LogP contribution is 2.42. The van der Waals surface area contributed by atoms with Crippen molar-refractivity contribution >= 4 is 27.7 Å². The van der Waals surface area contributed by atoms with E-state index in [1.165, 1.54) is 30.4 Å². The summed E-state index contributed by atoms with van der Waals surface area (Å²) in [6.45, 7) is 0. The van der Waals surface area contributed by atoms with Crippen molar-refractivity contribution in [2.75, 3.05) is 11.1 Å². The van der Waals surface area contributed by atoms with Crippen LogP contribution >= 0.6 is 27.7 Å². The van der Waals surface area contributed by atoms with E-state index in [0.717, 1.165) is 11.1 Å². The molecule has 7 heteroatoms. The van der Waals surface area contributed by atoms with Crippen molar-refractivity contribution < 1.29 is 0 Å². The molecule has 1 aromatic heterocycles. The van der Waals surface area contributed by atoms with Gasteiger partial charge in [0.2, 0.25) is 0 Å². The maximum atomic E-state index is 11.2. The van der Waals surface area contributed by atoms with Gasteiger partial charge in [0.15, 0.2) is 5.16 Å². The Morgan fingerprint density at radius 1 is 1.44 bits per heavy atom. The van der Waals surface area contributed by atoms with Crippen LogP contribution in [0.15, 0.2) is 14.7 Å². The summed E-state index contributed by atoms with van der Waals surface area (Å²) < 4.78 is 1.52. The molecule has 1 aliphatic rings. The van der Waals surface area contributed by atoms with Crippen LogP contribution in [0.25, 0.3) is 0 Å². The molecule has 0 spiro atoms. The van der Waals surface area contributed by atoms with Crippen LogP contribution in [0.1, 0.15) is 25.7 Å². The van der Waals surface area contributed by atoms with Gasteiger partial charge in [0.1, 0.15) is 0 Å². The van der Waals surface area contributed by atoms with E-state index in [2.05, 4.69) is 26.0 Å². The van der Waals surface area contributed by atoms with Gasteiger partial charge in [0.25, 0.3) is 0 Å². The summed E-state index contributed by atoms with van der Waals surface area (Å²) in [5, 5.41) is 4.02. The molecule has 0 amide bonds. The standard InChI is InChI=1S/C11H16BrN3O2S/c1-15-10(13-8(16)9(17)14-15)18-7-11(6-12)4-2-3-5-11/h2-7H2,1H3,(H,14,17). The molecule has 1 aromatic rings. The number of nitrogens with zero attached hydrogens (tertiary/aromatic N) is 2. The van der Waals surface area contributed by atoms with E-state index in [9.17, 15) is 9.59 Å². The van der Waals surface area contributed by atoms with Gasteiger partial charge >= 0.3 is 11.1 Å². The maximum absolute atomic E-state index is 11.2. The summed E-state index contributed by atoms with van der Waals surface area (Å²) in [6, 6.07) is 0. The lowest BCUT2D eigenvalue weighted by Crippen LogP contribution is -2.34. The molecule has 2 rings (SSSR count). The Morgan fingerprint density at radius 3 is 2.72 bits per heavy atom. The van der Waals surface area contributed by atoms with Crippen LogP contribution in [0.5, 0.6) is 0 Å². The molecule has 0 atom stereocenters. The number of aromatic nitrogens is 3. The number of rotatable bonds is 4. The van der Waals surface area contributed by atoms with Gasteiger partial charge in [-0.1, -0.05) is 40.5 Å². The zero-order valence-electron chi connectivity index (χ0n) is 10.2. The number of alkyl halides is 1. The van der Waals surface area contributed by atoms with Crippen LogP contribution in [0, 0.1) is 5.41 Å². The van der Waals surface area contributed by atoms with Gasteiger partial charge in [-0.2, -0.15) is 4.98 Å². The Morgan fingerprint density at radius 2 is 2.11 bits per heavy atom. The highest BCUT2D eigenvalue weighted by atomic mass is 79.9. The van der Waals surface area contributed by atoms with Gasteiger partial charge in [-0.25, -0.2) is 0 Å². The number of aromatic amines is 1. The second kappa shape index (κ2) is 5.61. The lowest BCUT2D eigenvalue weighted by molar-refractivity contribution is 0.404. The summed E-state index contributed by atoms with van der Waals surface area (Å²) in [4.78, 5) is 26.2. The minimum absolute atomic E-state index is 0.304. The Kier molecular flexibility index (Phi) is 4.32. The minimum Gasteiger partial charge on any atom is -0.265 e. The van der Waals surface area contributed by atoms with Crippen LogP contribution in [0.3, 0.4) is 0 Å². The molecule has 1 N–H and O–H groups in total. The van der Waals surface area contributed by atoms with Crippen molar-refractivity contribution in [1.82, 2.24) is 14.8 Å². The number of hydrogen-bond acceptors (Lipinski definition) is 4. The topological polar surface area (TPSA) is 67.8 Å². The Balaban J connectivity index is 2.13. The van der Waals surface area contributed by atoms with Gasteiger partial charge in [0, 0.05) is 18.1 Å². The number of hydrogen-bond donors (Lipinski definition) is 1. The molecule has 100 valence electrons. The normalized spacial score (nSPS) is 18.1. The minimum atomic E-state index is -0.713. The van der Waals surface area contributed by atoms with Gasteiger partial charge in [-0.15, -0.1) is 0 Å². The number of H-pyrrole nitrogens is 1. The van der Waals surface area contributed by atoms with Crippen LogP contribution in [0.2, 0.25) is 0 Å². The van der Waals surface area contributed by atoms with Crippen LogP contribution in [0.4, 0.5) is 0 Å². The summed E-state index contributed by atoms with van der Waals surface area (Å²) in [6.07, 6.45) is 4.96.